The van der Waals surface area contributed by atoms with Crippen LogP contribution in [0.4, 0.5) is 0 Å². The fraction of sp³-hybridized carbons (Fsp3) is 0.689. The number of carbonyl (C=O) groups is 1. The molecule has 0 amide bonds. The van der Waals surface area contributed by atoms with E-state index in [4.69, 9.17) is 28.4 Å². The Hall–Kier alpha value is -3.35. The van der Waals surface area contributed by atoms with Crippen molar-refractivity contribution in [1.82, 2.24) is 0 Å². The van der Waals surface area contributed by atoms with Crippen molar-refractivity contribution in [3.8, 4) is 0 Å². The SMILES string of the molecule is CC/C=C\C/C=C\C/C=C\C/C=C\C/C=C\C/C=C\C/C=C\CCCCCC(=O)OC(COCCCCCCCC/C=C\C/C=C\CCCCC)COC1OC(COC2OC(CO)C(O)C(O)C2O)C(O)C(O)C1O. The quantitative estimate of drug-likeness (QED) is 0.0172. The molecule has 0 bridgehead atoms. The van der Waals surface area contributed by atoms with Crippen LogP contribution in [0.2, 0.25) is 0 Å². The van der Waals surface area contributed by atoms with Gasteiger partial charge in [0.15, 0.2) is 12.6 Å². The van der Waals surface area contributed by atoms with Gasteiger partial charge in [0.25, 0.3) is 0 Å². The van der Waals surface area contributed by atoms with Crippen LogP contribution < -0.4 is 0 Å². The summed E-state index contributed by atoms with van der Waals surface area (Å²) in [5.74, 6) is -0.416. The van der Waals surface area contributed by atoms with Crippen LogP contribution in [-0.4, -0.2) is 142 Å². The molecule has 14 nitrogen and oxygen atoms in total. The summed E-state index contributed by atoms with van der Waals surface area (Å²) in [4.78, 5) is 13.1. The molecule has 0 aromatic carbocycles. The molecule has 0 aromatic rings. The summed E-state index contributed by atoms with van der Waals surface area (Å²) in [5, 5.41) is 72.3. The molecular formula is C61H100O14. The van der Waals surface area contributed by atoms with Gasteiger partial charge in [-0.05, 0) is 103 Å². The third-order valence-electron chi connectivity index (χ3n) is 12.8. The maximum absolute atomic E-state index is 13.1. The molecule has 11 atom stereocenters. The normalized spacial score (nSPS) is 25.5. The second-order valence-electron chi connectivity index (χ2n) is 19.4. The lowest BCUT2D eigenvalue weighted by Crippen LogP contribution is -2.61. The summed E-state index contributed by atoms with van der Waals surface area (Å²) in [6, 6.07) is 0. The molecule has 2 fully saturated rings. The molecule has 2 rings (SSSR count). The Labute approximate surface area is 451 Å². The summed E-state index contributed by atoms with van der Waals surface area (Å²) >= 11 is 0. The predicted octanol–water partition coefficient (Wildman–Crippen LogP) is 9.96. The minimum atomic E-state index is -1.72. The van der Waals surface area contributed by atoms with Gasteiger partial charge < -0.3 is 64.2 Å². The molecular weight excluding hydrogens is 957 g/mol. The van der Waals surface area contributed by atoms with E-state index in [9.17, 15) is 40.5 Å². The van der Waals surface area contributed by atoms with Crippen molar-refractivity contribution >= 4 is 5.97 Å². The van der Waals surface area contributed by atoms with Gasteiger partial charge in [-0.15, -0.1) is 0 Å². The molecule has 14 heteroatoms. The number of allylic oxidation sites excluding steroid dienone is 18. The predicted molar refractivity (Wildman–Crippen MR) is 297 cm³/mol. The van der Waals surface area contributed by atoms with Crippen molar-refractivity contribution < 1.29 is 69.0 Å². The average Bonchev–Trinajstić information content (AvgIpc) is 3.41. The molecule has 2 aliphatic heterocycles. The third-order valence-corrected chi connectivity index (χ3v) is 12.8. The molecule has 2 saturated heterocycles. The van der Waals surface area contributed by atoms with E-state index in [0.717, 1.165) is 103 Å². The zero-order chi connectivity index (χ0) is 54.4. The molecule has 0 aliphatic carbocycles. The average molecular weight is 1060 g/mol. The molecule has 0 saturated carbocycles. The highest BCUT2D eigenvalue weighted by Gasteiger charge is 2.47. The Balaban J connectivity index is 1.75. The van der Waals surface area contributed by atoms with Crippen LogP contribution in [0.1, 0.15) is 168 Å². The second kappa shape index (κ2) is 46.7. The van der Waals surface area contributed by atoms with E-state index >= 15 is 0 Å². The minimum absolute atomic E-state index is 0.0329. The molecule has 75 heavy (non-hydrogen) atoms. The molecule has 11 unspecified atom stereocenters. The largest absolute Gasteiger partial charge is 0.457 e. The Morgan fingerprint density at radius 2 is 0.867 bits per heavy atom. The number of aliphatic hydroxyl groups is 7. The van der Waals surface area contributed by atoms with Crippen LogP contribution in [-0.2, 0) is 33.2 Å². The van der Waals surface area contributed by atoms with E-state index in [2.05, 4.69) is 123 Å². The van der Waals surface area contributed by atoms with Crippen LogP contribution in [0, 0.1) is 0 Å². The van der Waals surface area contributed by atoms with Gasteiger partial charge in [0.05, 0.1) is 26.4 Å². The minimum Gasteiger partial charge on any atom is -0.457 e. The van der Waals surface area contributed by atoms with Crippen molar-refractivity contribution in [2.75, 3.05) is 33.0 Å². The number of esters is 1. The smallest absolute Gasteiger partial charge is 0.306 e. The van der Waals surface area contributed by atoms with E-state index < -0.39 is 86.7 Å². The number of rotatable bonds is 44. The van der Waals surface area contributed by atoms with Crippen molar-refractivity contribution in [2.24, 2.45) is 0 Å². The molecule has 7 N–H and O–H groups in total. The third kappa shape index (κ3) is 33.5. The van der Waals surface area contributed by atoms with Crippen LogP contribution >= 0.6 is 0 Å². The van der Waals surface area contributed by atoms with Gasteiger partial charge in [-0.25, -0.2) is 0 Å². The molecule has 2 aliphatic rings. The number of unbranched alkanes of at least 4 members (excludes halogenated alkanes) is 12. The van der Waals surface area contributed by atoms with Crippen LogP contribution in [0.5, 0.6) is 0 Å². The fourth-order valence-electron chi connectivity index (χ4n) is 8.18. The van der Waals surface area contributed by atoms with E-state index in [1.54, 1.807) is 0 Å². The van der Waals surface area contributed by atoms with Gasteiger partial charge in [-0.3, -0.25) is 4.79 Å². The lowest BCUT2D eigenvalue weighted by Gasteiger charge is -2.42. The van der Waals surface area contributed by atoms with Crippen molar-refractivity contribution in [3.63, 3.8) is 0 Å². The Kier molecular flexibility index (Phi) is 42.2. The Morgan fingerprint density at radius 1 is 0.453 bits per heavy atom. The first kappa shape index (κ1) is 67.8. The number of aliphatic hydroxyl groups excluding tert-OH is 7. The topological polar surface area (TPSA) is 214 Å². The van der Waals surface area contributed by atoms with Gasteiger partial charge >= 0.3 is 5.97 Å². The lowest BCUT2D eigenvalue weighted by atomic mass is 9.98. The number of carbonyl (C=O) groups excluding carboxylic acids is 1. The first-order valence-electron chi connectivity index (χ1n) is 28.5. The van der Waals surface area contributed by atoms with Crippen molar-refractivity contribution in [1.29, 1.82) is 0 Å². The van der Waals surface area contributed by atoms with Gasteiger partial charge in [-0.1, -0.05) is 168 Å². The first-order chi connectivity index (χ1) is 36.6. The number of hydrogen-bond donors (Lipinski definition) is 7. The fourth-order valence-corrected chi connectivity index (χ4v) is 8.18. The Morgan fingerprint density at radius 3 is 1.36 bits per heavy atom. The number of ether oxygens (including phenoxy) is 6. The summed E-state index contributed by atoms with van der Waals surface area (Å²) in [6.07, 6.45) is 47.1. The molecule has 0 spiro atoms. The van der Waals surface area contributed by atoms with Gasteiger partial charge in [0.2, 0.25) is 0 Å². The molecule has 0 aromatic heterocycles. The maximum Gasteiger partial charge on any atom is 0.306 e. The summed E-state index contributed by atoms with van der Waals surface area (Å²) in [6.45, 7) is 3.45. The van der Waals surface area contributed by atoms with Gasteiger partial charge in [0.1, 0.15) is 54.9 Å². The zero-order valence-electron chi connectivity index (χ0n) is 45.7. The first-order valence-corrected chi connectivity index (χ1v) is 28.5. The highest BCUT2D eigenvalue weighted by atomic mass is 16.7. The van der Waals surface area contributed by atoms with Crippen LogP contribution in [0.25, 0.3) is 0 Å². The highest BCUT2D eigenvalue weighted by Crippen LogP contribution is 2.26. The van der Waals surface area contributed by atoms with Crippen LogP contribution in [0.3, 0.4) is 0 Å². The monoisotopic (exact) mass is 1060 g/mol. The van der Waals surface area contributed by atoms with E-state index in [1.165, 1.54) is 38.5 Å². The molecule has 428 valence electrons. The van der Waals surface area contributed by atoms with Crippen LogP contribution in [0.15, 0.2) is 109 Å². The standard InChI is InChI=1S/C61H100O14/c1-3-5-7-9-11-13-15-17-19-21-22-23-24-25-26-27-28-29-30-32-34-36-38-40-42-44-53(63)73-50(47-70-45-43-41-39-37-35-33-31-20-18-16-14-12-10-8-6-4-2)48-71-60-59(69)57(67)55(65)52(75-60)49-72-61-58(68)56(66)54(64)51(46-62)74-61/h5,7,11-14,17-20,22-23,25-26,28-29,32,34,50-52,54-62,64-69H,3-4,6,8-10,15-16,21,24,27,30-31,33,35-49H2,1-2H3/b7-5-,13-11-,14-12-,19-17-,20-18-,23-22-,26-25-,29-28-,34-32-. The lowest BCUT2D eigenvalue weighted by molar-refractivity contribution is -0.332. The van der Waals surface area contributed by atoms with Gasteiger partial charge in [0, 0.05) is 13.0 Å². The summed E-state index contributed by atoms with van der Waals surface area (Å²) < 4.78 is 34.3. The highest BCUT2D eigenvalue weighted by molar-refractivity contribution is 5.69. The van der Waals surface area contributed by atoms with E-state index in [1.807, 2.05) is 0 Å². The number of hydrogen-bond acceptors (Lipinski definition) is 14. The molecule has 2 heterocycles. The summed E-state index contributed by atoms with van der Waals surface area (Å²) in [7, 11) is 0. The maximum atomic E-state index is 13.1. The van der Waals surface area contributed by atoms with E-state index in [-0.39, 0.29) is 19.6 Å². The second-order valence-corrected chi connectivity index (χ2v) is 19.4. The molecule has 0 radical (unpaired) electrons. The van der Waals surface area contributed by atoms with Gasteiger partial charge in [-0.2, -0.15) is 0 Å². The van der Waals surface area contributed by atoms with Crippen molar-refractivity contribution in [2.45, 2.75) is 235 Å². The van der Waals surface area contributed by atoms with Crippen molar-refractivity contribution in [3.05, 3.63) is 109 Å². The van der Waals surface area contributed by atoms with E-state index in [0.29, 0.717) is 13.0 Å². The summed E-state index contributed by atoms with van der Waals surface area (Å²) in [5.41, 5.74) is 0. The Bertz CT molecular complexity index is 1650. The zero-order valence-corrected chi connectivity index (χ0v) is 45.7.